The fourth-order valence-corrected chi connectivity index (χ4v) is 5.07. The Balaban J connectivity index is -0.000000167. The fourth-order valence-electron chi connectivity index (χ4n) is 4.20. The Hall–Kier alpha value is -3.66. The first-order chi connectivity index (χ1) is 38.1. The summed E-state index contributed by atoms with van der Waals surface area (Å²) < 4.78 is 64.4. The molecular weight excluding hydrogens is 1230 g/mol. The Morgan fingerprint density at radius 2 is 0.904 bits per heavy atom. The van der Waals surface area contributed by atoms with Crippen LogP contribution in [0, 0.1) is 0 Å². The van der Waals surface area contributed by atoms with Crippen LogP contribution in [0.15, 0.2) is 24.3 Å². The minimum atomic E-state index is -4.92. The summed E-state index contributed by atoms with van der Waals surface area (Å²) in [6, 6.07) is 6.94. The minimum absolute atomic E-state index is 0. The van der Waals surface area contributed by atoms with Gasteiger partial charge >= 0.3 is 45.9 Å². The number of hydrogen-bond donors (Lipinski definition) is 12. The summed E-state index contributed by atoms with van der Waals surface area (Å²) in [5, 5.41) is 31.1. The molecule has 0 spiro atoms. The third-order valence-electron chi connectivity index (χ3n) is 7.78. The van der Waals surface area contributed by atoms with Gasteiger partial charge < -0.3 is 52.3 Å². The molecule has 15 N–H and O–H groups in total. The van der Waals surface area contributed by atoms with E-state index in [-0.39, 0.29) is 57.2 Å². The van der Waals surface area contributed by atoms with Gasteiger partial charge in [-0.05, 0) is 70.0 Å². The van der Waals surface area contributed by atoms with Gasteiger partial charge in [0.25, 0.3) is 0 Å². The molecule has 83 heavy (non-hydrogen) atoms. The van der Waals surface area contributed by atoms with Crippen molar-refractivity contribution in [1.82, 2.24) is 40.4 Å². The van der Waals surface area contributed by atoms with Gasteiger partial charge in [0.05, 0.1) is 41.0 Å². The molecule has 0 unspecified atom stereocenters. The minimum Gasteiger partial charge on any atom is -0.870 e. The van der Waals surface area contributed by atoms with E-state index < -0.39 is 20.8 Å². The molecule has 0 radical (unpaired) electrons. The molecular formula is C45H91Cl4N18NaO13S2. The first-order valence-electron chi connectivity index (χ1n) is 25.2. The summed E-state index contributed by atoms with van der Waals surface area (Å²) in [6.45, 7) is 22.7. The summed E-state index contributed by atoms with van der Waals surface area (Å²) >= 11 is 22.1. The third kappa shape index (κ3) is 67.3. The number of nitrogens with zero attached hydrogens (tertiary/aromatic N) is 9. The topological polar surface area (TPSA) is 451 Å². The van der Waals surface area contributed by atoms with Crippen molar-refractivity contribution in [3.05, 3.63) is 45.0 Å². The second-order valence-corrected chi connectivity index (χ2v) is 18.2. The van der Waals surface area contributed by atoms with Crippen LogP contribution in [0.1, 0.15) is 100 Å². The second-order valence-electron chi connectivity index (χ2n) is 14.9. The van der Waals surface area contributed by atoms with E-state index in [0.717, 1.165) is 126 Å². The van der Waals surface area contributed by atoms with Gasteiger partial charge in [-0.1, -0.05) is 88.3 Å². The van der Waals surface area contributed by atoms with Gasteiger partial charge in [0.1, 0.15) is 27.1 Å². The number of anilines is 8. The van der Waals surface area contributed by atoms with E-state index in [1.54, 1.807) is 51.5 Å². The number of halogens is 4. The molecule has 4 rings (SSSR count). The smallest absolute Gasteiger partial charge is 0.870 e. The van der Waals surface area contributed by atoms with Crippen LogP contribution in [0.25, 0.3) is 0 Å². The number of aliphatic hydroxyl groups excluding tert-OH is 1. The molecule has 0 aliphatic rings. The van der Waals surface area contributed by atoms with Crippen molar-refractivity contribution in [3.8, 4) is 0 Å². The number of rotatable bonds is 24. The van der Waals surface area contributed by atoms with Gasteiger partial charge in [-0.25, -0.2) is 43.7 Å². The predicted octanol–water partition coefficient (Wildman–Crippen LogP) is 4.17. The summed E-state index contributed by atoms with van der Waals surface area (Å²) in [5.74, 6) is 5.96. The van der Waals surface area contributed by atoms with Gasteiger partial charge in [-0.2, -0.15) is 28.4 Å². The molecule has 0 aromatic carbocycles. The Morgan fingerprint density at radius 3 is 1.24 bits per heavy atom. The molecule has 4 heterocycles. The maximum atomic E-state index is 8.74. The molecule has 4 aromatic rings. The summed E-state index contributed by atoms with van der Waals surface area (Å²) in [7, 11) is 0.599. The molecule has 31 nitrogen and oxygen atoms in total. The van der Waals surface area contributed by atoms with Crippen LogP contribution in [0.5, 0.6) is 0 Å². The van der Waals surface area contributed by atoms with Crippen molar-refractivity contribution in [2.45, 2.75) is 100 Å². The Labute approximate surface area is 533 Å². The molecule has 0 fully saturated rings. The van der Waals surface area contributed by atoms with Crippen molar-refractivity contribution < 1.29 is 94.7 Å². The van der Waals surface area contributed by atoms with E-state index in [0.29, 0.717) is 17.0 Å². The number of hydrogen-bond acceptors (Lipinski definition) is 27. The van der Waals surface area contributed by atoms with E-state index in [1.165, 1.54) is 6.07 Å². The molecule has 0 saturated heterocycles. The standard InChI is InChI=1S/2C12H23N5O.C10H17ClN4.C4HCl3N2.C3H9N.C2H7NO.C2H6O.Na.2H2O4S.H2O/c2*1-5-7-13-10-9-11(17(3)18-4)16-12(15-10)14-8-6-2;1-3-5-12-9-7-8(11)14-10(15-9)13-6-4-2;5-2-1-3(6)9-4(7)8-2;1-2-3-4;1-3-4-2;1-2-3;;2*1-5(2,3)4;/h2*9H,5-8H2,1-4H3,(H2,13,14,15,16);7H,3-6H2,1-2H3,(H2,12,13,14,15);1H;2-4H2,1H3;3H,1-2H3;3H,2H2,1H3;;2*(H2,1,2,3,4);1H2/q;;;;;;;+1;;;/p-1. The molecule has 0 aliphatic heterocycles. The number of aliphatic hydroxyl groups is 1. The maximum absolute atomic E-state index is 8.74. The largest absolute Gasteiger partial charge is 1.00 e. The monoisotopic (exact) mass is 1320 g/mol. The van der Waals surface area contributed by atoms with Gasteiger partial charge in [-0.3, -0.25) is 23.8 Å². The summed E-state index contributed by atoms with van der Waals surface area (Å²) in [5.41, 5.74) is 7.46. The Kier molecular flexibility index (Phi) is 68.9. The van der Waals surface area contributed by atoms with E-state index in [1.807, 2.05) is 26.2 Å². The molecule has 4 aromatic heterocycles. The normalized spacial score (nSPS) is 9.64. The zero-order valence-electron chi connectivity index (χ0n) is 50.3. The van der Waals surface area contributed by atoms with Crippen LogP contribution in [0.3, 0.4) is 0 Å². The number of H-pyrrole nitrogens is 1. The summed E-state index contributed by atoms with van der Waals surface area (Å²) in [4.78, 5) is 46.6. The molecule has 0 atom stereocenters. The van der Waals surface area contributed by atoms with Crippen molar-refractivity contribution in [3.63, 3.8) is 0 Å². The molecule has 38 heteroatoms. The van der Waals surface area contributed by atoms with Crippen LogP contribution >= 0.6 is 46.4 Å². The molecule has 0 saturated carbocycles. The molecule has 0 aliphatic carbocycles. The summed E-state index contributed by atoms with van der Waals surface area (Å²) in [6.07, 6.45) is 7.39. The van der Waals surface area contributed by atoms with Crippen LogP contribution in [-0.2, 0) is 35.3 Å². The van der Waals surface area contributed by atoms with Gasteiger partial charge in [0, 0.05) is 71.6 Å². The van der Waals surface area contributed by atoms with E-state index >= 15 is 0 Å². The SMILES string of the molecule is CCCN.CCCNc1cc(Cl)nc(NCCC)n1.CCCNc1cc(N(C)OC)[nH+]c(NCCC)n1.CCCNc1cc(N(C)OC)nc(NCCC)n1.CCO.CNOC.Clc1cc(Cl)nc(Cl)n1.O=S(=O)(O)O.O=S(=O)([O-])O.[Na+].[OH-]. The zero-order valence-corrected chi connectivity index (χ0v) is 57.0. The van der Waals surface area contributed by atoms with E-state index in [9.17, 15) is 0 Å². The predicted molar refractivity (Wildman–Crippen MR) is 327 cm³/mol. The number of nitrogens with two attached hydrogens (primary N) is 1. The van der Waals surface area contributed by atoms with Gasteiger partial charge in [0.2, 0.25) is 33.4 Å². The van der Waals surface area contributed by atoms with Crippen molar-refractivity contribution in [2.24, 2.45) is 5.73 Å². The molecule has 480 valence electrons. The first kappa shape index (κ1) is 93.0. The zero-order chi connectivity index (χ0) is 63.2. The van der Waals surface area contributed by atoms with Crippen LogP contribution in [0.4, 0.5) is 46.9 Å². The average Bonchev–Trinajstić information content (AvgIpc) is 3.40. The fraction of sp³-hybridized carbons (Fsp3) is 0.644. The molecule has 0 amide bonds. The number of hydroxylamine groups is 3. The Bertz CT molecular complexity index is 2120. The van der Waals surface area contributed by atoms with E-state index in [2.05, 4.69) is 131 Å². The van der Waals surface area contributed by atoms with Gasteiger partial charge in [0.15, 0.2) is 11.6 Å². The number of aromatic nitrogens is 8. The molecule has 0 bridgehead atoms. The second kappa shape index (κ2) is 61.4. The van der Waals surface area contributed by atoms with Crippen LogP contribution in [0.2, 0.25) is 20.7 Å². The van der Waals surface area contributed by atoms with Crippen LogP contribution in [-0.4, -0.2) is 175 Å². The first-order valence-corrected chi connectivity index (χ1v) is 29.5. The Morgan fingerprint density at radius 1 is 0.578 bits per heavy atom. The maximum Gasteiger partial charge on any atom is 1.00 e. The number of nitrogens with one attached hydrogen (secondary N) is 8. The van der Waals surface area contributed by atoms with E-state index in [4.69, 9.17) is 102 Å². The van der Waals surface area contributed by atoms with Gasteiger partial charge in [-0.15, -0.1) is 0 Å². The van der Waals surface area contributed by atoms with Crippen molar-refractivity contribution in [1.29, 1.82) is 0 Å². The number of aromatic amines is 1. The average molecular weight is 1320 g/mol. The van der Waals surface area contributed by atoms with Crippen molar-refractivity contribution >= 4 is 114 Å². The quantitative estimate of drug-likeness (QED) is 0.0117. The van der Waals surface area contributed by atoms with Crippen LogP contribution < -0.4 is 87.8 Å². The third-order valence-corrected chi connectivity index (χ3v) is 8.53. The van der Waals surface area contributed by atoms with Crippen molar-refractivity contribution in [2.75, 3.05) is 137 Å².